The molecule has 2 aliphatic heterocycles. The summed E-state index contributed by atoms with van der Waals surface area (Å²) in [5, 5.41) is 2.87. The Morgan fingerprint density at radius 1 is 1.08 bits per heavy atom. The third-order valence-electron chi connectivity index (χ3n) is 4.99. The van der Waals surface area contributed by atoms with Gasteiger partial charge >= 0.3 is 0 Å². The molecular formula is C20H23N3O3. The molecule has 2 aliphatic rings. The molecule has 2 aromatic rings. The second kappa shape index (κ2) is 7.05. The monoisotopic (exact) mass is 353 g/mol. The van der Waals surface area contributed by atoms with Gasteiger partial charge < -0.3 is 19.7 Å². The summed E-state index contributed by atoms with van der Waals surface area (Å²) < 4.78 is 11.5. The molecule has 0 saturated carbocycles. The number of piperidine rings is 1. The van der Waals surface area contributed by atoms with Gasteiger partial charge in [0.05, 0.1) is 25.1 Å². The molecule has 136 valence electrons. The van der Waals surface area contributed by atoms with E-state index in [2.05, 4.69) is 15.2 Å². The first-order valence-corrected chi connectivity index (χ1v) is 9.01. The molecule has 6 heteroatoms. The fourth-order valence-electron chi connectivity index (χ4n) is 3.43. The lowest BCUT2D eigenvalue weighted by Gasteiger charge is -2.38. The maximum absolute atomic E-state index is 12.3. The van der Waals surface area contributed by atoms with Crippen LogP contribution >= 0.6 is 0 Å². The number of nitrogens with one attached hydrogen (secondary N) is 1. The van der Waals surface area contributed by atoms with E-state index in [1.807, 2.05) is 37.3 Å². The van der Waals surface area contributed by atoms with E-state index in [4.69, 9.17) is 9.47 Å². The Bertz CT molecular complexity index is 758. The van der Waals surface area contributed by atoms with Crippen LogP contribution in [0.5, 0.6) is 0 Å². The summed E-state index contributed by atoms with van der Waals surface area (Å²) in [6.45, 7) is 5.10. The van der Waals surface area contributed by atoms with Gasteiger partial charge in [0.2, 0.25) is 0 Å². The molecule has 1 amide bonds. The number of pyridine rings is 1. The molecule has 2 saturated heterocycles. The summed E-state index contributed by atoms with van der Waals surface area (Å²) in [6, 6.07) is 11.4. The van der Waals surface area contributed by atoms with Crippen molar-refractivity contribution in [1.29, 1.82) is 0 Å². The summed E-state index contributed by atoms with van der Waals surface area (Å²) in [4.78, 5) is 18.9. The van der Waals surface area contributed by atoms with Crippen molar-refractivity contribution < 1.29 is 14.3 Å². The second-order valence-electron chi connectivity index (χ2n) is 6.82. The highest BCUT2D eigenvalue weighted by Crippen LogP contribution is 2.33. The van der Waals surface area contributed by atoms with Crippen molar-refractivity contribution in [3.05, 3.63) is 53.9 Å². The van der Waals surface area contributed by atoms with Gasteiger partial charge in [-0.25, -0.2) is 4.98 Å². The summed E-state index contributed by atoms with van der Waals surface area (Å²) in [5.41, 5.74) is 3.35. The predicted octanol–water partition coefficient (Wildman–Crippen LogP) is 2.99. The van der Waals surface area contributed by atoms with E-state index in [1.54, 1.807) is 12.3 Å². The zero-order chi connectivity index (χ0) is 18.0. The number of hydrogen-bond donors (Lipinski definition) is 1. The smallest absolute Gasteiger partial charge is 0.274 e. The molecule has 26 heavy (non-hydrogen) atoms. The normalized spacial score (nSPS) is 18.9. The number of benzene rings is 1. The van der Waals surface area contributed by atoms with Crippen molar-refractivity contribution in [3.63, 3.8) is 0 Å². The molecular weight excluding hydrogens is 330 g/mol. The first kappa shape index (κ1) is 17.0. The number of hydrogen-bond acceptors (Lipinski definition) is 5. The molecule has 4 rings (SSSR count). The van der Waals surface area contributed by atoms with Crippen LogP contribution in [-0.2, 0) is 9.47 Å². The quantitative estimate of drug-likeness (QED) is 0.919. The minimum Gasteiger partial charge on any atom is -0.370 e. The van der Waals surface area contributed by atoms with Crippen molar-refractivity contribution in [2.45, 2.75) is 25.6 Å². The van der Waals surface area contributed by atoms with Crippen molar-refractivity contribution in [3.8, 4) is 0 Å². The highest BCUT2D eigenvalue weighted by Gasteiger charge is 2.39. The fourth-order valence-corrected chi connectivity index (χ4v) is 3.43. The van der Waals surface area contributed by atoms with E-state index < -0.39 is 0 Å². The first-order valence-electron chi connectivity index (χ1n) is 9.01. The minimum absolute atomic E-state index is 0.203. The molecule has 0 radical (unpaired) electrons. The van der Waals surface area contributed by atoms with Gasteiger partial charge in [-0.3, -0.25) is 4.79 Å². The molecule has 1 spiro atoms. The van der Waals surface area contributed by atoms with Gasteiger partial charge in [0, 0.05) is 31.6 Å². The van der Waals surface area contributed by atoms with Gasteiger partial charge in [-0.05, 0) is 31.2 Å². The van der Waals surface area contributed by atoms with Crippen molar-refractivity contribution >= 4 is 17.3 Å². The van der Waals surface area contributed by atoms with Crippen LogP contribution in [0.15, 0.2) is 42.6 Å². The lowest BCUT2D eigenvalue weighted by atomic mass is 10.0. The SMILES string of the molecule is Cc1ccc(NC(=O)c2ccc(N3CCC4(CC3)OCCO4)cn2)cc1. The number of rotatable bonds is 3. The third kappa shape index (κ3) is 3.57. The van der Waals surface area contributed by atoms with Crippen molar-refractivity contribution in [2.75, 3.05) is 36.5 Å². The molecule has 0 aliphatic carbocycles. The van der Waals surface area contributed by atoms with Crippen LogP contribution in [-0.4, -0.2) is 43.0 Å². The Hall–Kier alpha value is -2.44. The highest BCUT2D eigenvalue weighted by atomic mass is 16.7. The van der Waals surface area contributed by atoms with Gasteiger partial charge in [0.15, 0.2) is 5.79 Å². The van der Waals surface area contributed by atoms with Crippen LogP contribution in [0.2, 0.25) is 0 Å². The first-order chi connectivity index (χ1) is 12.6. The number of nitrogens with zero attached hydrogens (tertiary/aromatic N) is 2. The van der Waals surface area contributed by atoms with E-state index in [0.717, 1.165) is 42.9 Å². The number of amides is 1. The molecule has 1 aromatic carbocycles. The summed E-state index contributed by atoms with van der Waals surface area (Å²) in [6.07, 6.45) is 3.46. The summed E-state index contributed by atoms with van der Waals surface area (Å²) >= 11 is 0. The summed E-state index contributed by atoms with van der Waals surface area (Å²) in [5.74, 6) is -0.580. The molecule has 0 bridgehead atoms. The van der Waals surface area contributed by atoms with Crippen LogP contribution in [0.3, 0.4) is 0 Å². The number of carbonyl (C=O) groups is 1. The van der Waals surface area contributed by atoms with Gasteiger partial charge in [0.1, 0.15) is 5.69 Å². The van der Waals surface area contributed by atoms with Crippen LogP contribution < -0.4 is 10.2 Å². The number of anilines is 2. The van der Waals surface area contributed by atoms with Gasteiger partial charge in [-0.2, -0.15) is 0 Å². The Balaban J connectivity index is 1.37. The van der Waals surface area contributed by atoms with Crippen molar-refractivity contribution in [2.24, 2.45) is 0 Å². The Morgan fingerprint density at radius 3 is 2.38 bits per heavy atom. The zero-order valence-corrected chi connectivity index (χ0v) is 14.9. The van der Waals surface area contributed by atoms with Crippen LogP contribution in [0, 0.1) is 6.92 Å². The molecule has 2 fully saturated rings. The molecule has 0 unspecified atom stereocenters. The minimum atomic E-state index is -0.377. The van der Waals surface area contributed by atoms with E-state index in [0.29, 0.717) is 18.9 Å². The van der Waals surface area contributed by atoms with E-state index in [9.17, 15) is 4.79 Å². The van der Waals surface area contributed by atoms with E-state index in [1.165, 1.54) is 0 Å². The Morgan fingerprint density at radius 2 is 1.77 bits per heavy atom. The lowest BCUT2D eigenvalue weighted by molar-refractivity contribution is -0.169. The maximum atomic E-state index is 12.3. The van der Waals surface area contributed by atoms with Gasteiger partial charge in [0.25, 0.3) is 5.91 Å². The molecule has 1 N–H and O–H groups in total. The molecule has 3 heterocycles. The van der Waals surface area contributed by atoms with E-state index in [-0.39, 0.29) is 11.7 Å². The zero-order valence-electron chi connectivity index (χ0n) is 14.9. The standard InChI is InChI=1S/C20H23N3O3/c1-15-2-4-16(5-3-15)22-19(24)18-7-6-17(14-21-18)23-10-8-20(9-11-23)25-12-13-26-20/h2-7,14H,8-13H2,1H3,(H,22,24). The van der Waals surface area contributed by atoms with Crippen LogP contribution in [0.25, 0.3) is 0 Å². The number of aryl methyl sites for hydroxylation is 1. The topological polar surface area (TPSA) is 63.7 Å². The van der Waals surface area contributed by atoms with Gasteiger partial charge in [-0.1, -0.05) is 17.7 Å². The summed E-state index contributed by atoms with van der Waals surface area (Å²) in [7, 11) is 0. The number of carbonyl (C=O) groups excluding carboxylic acids is 1. The average Bonchev–Trinajstić information content (AvgIpc) is 3.12. The number of ether oxygens (including phenoxy) is 2. The highest BCUT2D eigenvalue weighted by molar-refractivity contribution is 6.02. The fraction of sp³-hybridized carbons (Fsp3) is 0.400. The van der Waals surface area contributed by atoms with Crippen molar-refractivity contribution in [1.82, 2.24) is 4.98 Å². The third-order valence-corrected chi connectivity index (χ3v) is 4.99. The number of aromatic nitrogens is 1. The predicted molar refractivity (Wildman–Crippen MR) is 99.5 cm³/mol. The molecule has 0 atom stereocenters. The molecule has 6 nitrogen and oxygen atoms in total. The Kier molecular flexibility index (Phi) is 4.61. The maximum Gasteiger partial charge on any atom is 0.274 e. The largest absolute Gasteiger partial charge is 0.370 e. The van der Waals surface area contributed by atoms with E-state index >= 15 is 0 Å². The van der Waals surface area contributed by atoms with Crippen LogP contribution in [0.4, 0.5) is 11.4 Å². The molecule has 1 aromatic heterocycles. The van der Waals surface area contributed by atoms with Crippen LogP contribution in [0.1, 0.15) is 28.9 Å². The average molecular weight is 353 g/mol. The second-order valence-corrected chi connectivity index (χ2v) is 6.82. The lowest BCUT2D eigenvalue weighted by Crippen LogP contribution is -2.45. The van der Waals surface area contributed by atoms with Gasteiger partial charge in [-0.15, -0.1) is 0 Å². The Labute approximate surface area is 153 Å².